The van der Waals surface area contributed by atoms with Crippen molar-refractivity contribution in [3.8, 4) is 5.75 Å². The van der Waals surface area contributed by atoms with Gasteiger partial charge in [-0.15, -0.1) is 22.7 Å². The largest absolute Gasteiger partial charge is 0.506 e. The fourth-order valence-electron chi connectivity index (χ4n) is 6.54. The number of hydrogen-bond acceptors (Lipinski definition) is 11. The van der Waals surface area contributed by atoms with Crippen LogP contribution in [0, 0.1) is 0 Å². The SMILES string of the molecule is CN(CCCOCCCCCCNCC(O)c1ccc(O)c2[nH]c(=O)ccc12)C1CCC(OC(=O)C(O)(c2cccs2)c2cccs2)CC1.F. The number of hydrogen-bond donors (Lipinski definition) is 5. The number of phenols is 1. The van der Waals surface area contributed by atoms with Gasteiger partial charge in [0.2, 0.25) is 11.2 Å². The molecule has 13 heteroatoms. The van der Waals surface area contributed by atoms with Crippen LogP contribution in [0.1, 0.15) is 79.2 Å². The van der Waals surface area contributed by atoms with Crippen molar-refractivity contribution in [3.63, 3.8) is 0 Å². The smallest absolute Gasteiger partial charge is 0.349 e. The molecular formula is C37H50FN3O7S2. The van der Waals surface area contributed by atoms with Gasteiger partial charge in [-0.3, -0.25) is 9.50 Å². The third-order valence-corrected chi connectivity index (χ3v) is 11.3. The van der Waals surface area contributed by atoms with Crippen LogP contribution in [0.2, 0.25) is 0 Å². The molecular weight excluding hydrogens is 682 g/mol. The zero-order valence-corrected chi connectivity index (χ0v) is 30.2. The summed E-state index contributed by atoms with van der Waals surface area (Å²) in [5.41, 5.74) is -1.04. The molecule has 0 saturated heterocycles. The van der Waals surface area contributed by atoms with E-state index in [1.54, 1.807) is 24.3 Å². The molecule has 0 spiro atoms. The monoisotopic (exact) mass is 731 g/mol. The molecule has 5 N–H and O–H groups in total. The summed E-state index contributed by atoms with van der Waals surface area (Å²) in [6.07, 6.45) is 7.72. The van der Waals surface area contributed by atoms with Crippen molar-refractivity contribution >= 4 is 39.5 Å². The molecule has 0 radical (unpaired) electrons. The van der Waals surface area contributed by atoms with Crippen LogP contribution in [0.5, 0.6) is 5.75 Å². The first kappa shape index (κ1) is 39.6. The second-order valence-corrected chi connectivity index (χ2v) is 14.8. The number of carbonyl (C=O) groups is 1. The Hall–Kier alpha value is -3.17. The number of ether oxygens (including phenoxy) is 2. The number of aliphatic hydroxyl groups excluding tert-OH is 1. The van der Waals surface area contributed by atoms with Crippen molar-refractivity contribution in [2.24, 2.45) is 0 Å². The number of pyridine rings is 1. The van der Waals surface area contributed by atoms with Crippen molar-refractivity contribution in [1.29, 1.82) is 0 Å². The summed E-state index contributed by atoms with van der Waals surface area (Å²) in [5.74, 6) is -0.597. The average Bonchev–Trinajstić information content (AvgIpc) is 3.85. The molecule has 1 atom stereocenters. The number of fused-ring (bicyclic) bond motifs is 1. The fraction of sp³-hybridized carbons (Fsp3) is 0.514. The van der Waals surface area contributed by atoms with Gasteiger partial charge in [-0.25, -0.2) is 4.79 Å². The van der Waals surface area contributed by atoms with Crippen LogP contribution in [0.25, 0.3) is 10.9 Å². The van der Waals surface area contributed by atoms with E-state index < -0.39 is 17.7 Å². The number of aromatic nitrogens is 1. The third kappa shape index (κ3) is 10.2. The van der Waals surface area contributed by atoms with Gasteiger partial charge in [0, 0.05) is 43.8 Å². The number of halogens is 1. The molecule has 1 unspecified atom stereocenters. The summed E-state index contributed by atoms with van der Waals surface area (Å²) < 4.78 is 11.8. The molecule has 1 aliphatic rings. The second kappa shape index (κ2) is 19.4. The highest BCUT2D eigenvalue weighted by molar-refractivity contribution is 7.12. The van der Waals surface area contributed by atoms with Crippen molar-refractivity contribution in [3.05, 3.63) is 85.0 Å². The number of H-pyrrole nitrogens is 1. The Morgan fingerprint density at radius 2 is 1.66 bits per heavy atom. The molecule has 4 aromatic rings. The maximum Gasteiger partial charge on any atom is 0.349 e. The molecule has 3 aromatic heterocycles. The zero-order valence-electron chi connectivity index (χ0n) is 28.6. The Morgan fingerprint density at radius 3 is 2.34 bits per heavy atom. The number of aliphatic hydroxyl groups is 2. The van der Waals surface area contributed by atoms with Crippen LogP contribution in [-0.2, 0) is 19.9 Å². The molecule has 1 aliphatic carbocycles. The number of benzene rings is 1. The van der Waals surface area contributed by atoms with Crippen LogP contribution in [0.3, 0.4) is 0 Å². The summed E-state index contributed by atoms with van der Waals surface area (Å²) in [6, 6.07) is 13.9. The maximum absolute atomic E-state index is 13.3. The first-order valence-electron chi connectivity index (χ1n) is 17.3. The lowest BCUT2D eigenvalue weighted by Gasteiger charge is -2.35. The standard InChI is InChI=1S/C37H49N3O7S2.FH/c1-40(26-11-13-27(14-12-26)47-36(44)37(45,32-9-6-23-48-32)33-10-7-24-49-33)20-8-22-46-21-5-3-2-4-19-38-25-31(42)28-15-17-30(41)35-29(28)16-18-34(43)39-35;/h6-7,9-10,15-18,23-24,26-27,31,38,41-42,45H,2-5,8,11-14,19-22,25H2,1H3,(H,39,43);1H. The molecule has 1 saturated carbocycles. The van der Waals surface area contributed by atoms with Gasteiger partial charge in [0.25, 0.3) is 0 Å². The maximum atomic E-state index is 13.3. The van der Waals surface area contributed by atoms with E-state index in [0.29, 0.717) is 38.8 Å². The van der Waals surface area contributed by atoms with E-state index in [2.05, 4.69) is 22.2 Å². The Kier molecular flexibility index (Phi) is 15.4. The lowest BCUT2D eigenvalue weighted by molar-refractivity contribution is -0.169. The highest BCUT2D eigenvalue weighted by atomic mass is 32.1. The van der Waals surface area contributed by atoms with Gasteiger partial charge in [0.1, 0.15) is 11.9 Å². The number of esters is 1. The van der Waals surface area contributed by atoms with E-state index in [-0.39, 0.29) is 22.1 Å². The van der Waals surface area contributed by atoms with Gasteiger partial charge in [0.15, 0.2) is 0 Å². The van der Waals surface area contributed by atoms with Crippen LogP contribution in [0.4, 0.5) is 4.70 Å². The van der Waals surface area contributed by atoms with Gasteiger partial charge in [0.05, 0.1) is 21.4 Å². The van der Waals surface area contributed by atoms with E-state index in [1.165, 1.54) is 34.8 Å². The average molecular weight is 732 g/mol. The van der Waals surface area contributed by atoms with Crippen LogP contribution < -0.4 is 10.9 Å². The van der Waals surface area contributed by atoms with Crippen LogP contribution >= 0.6 is 22.7 Å². The molecule has 0 amide bonds. The fourth-order valence-corrected chi connectivity index (χ4v) is 8.25. The molecule has 0 bridgehead atoms. The Balaban J connectivity index is 0.00000562. The molecule has 50 heavy (non-hydrogen) atoms. The second-order valence-electron chi connectivity index (χ2n) is 12.9. The van der Waals surface area contributed by atoms with E-state index in [4.69, 9.17) is 9.47 Å². The van der Waals surface area contributed by atoms with Crippen molar-refractivity contribution in [1.82, 2.24) is 15.2 Å². The van der Waals surface area contributed by atoms with Gasteiger partial charge < -0.3 is 40.0 Å². The topological polar surface area (TPSA) is 144 Å². The lowest BCUT2D eigenvalue weighted by Crippen LogP contribution is -2.42. The van der Waals surface area contributed by atoms with E-state index in [0.717, 1.165) is 84.1 Å². The van der Waals surface area contributed by atoms with Crippen LogP contribution in [0.15, 0.2) is 64.1 Å². The van der Waals surface area contributed by atoms with E-state index in [1.807, 2.05) is 22.9 Å². The number of carbonyl (C=O) groups excluding carboxylic acids is 1. The summed E-state index contributed by atoms with van der Waals surface area (Å²) >= 11 is 2.72. The summed E-state index contributed by atoms with van der Waals surface area (Å²) in [5, 5.41) is 39.9. The first-order valence-corrected chi connectivity index (χ1v) is 19.1. The van der Waals surface area contributed by atoms with Crippen molar-refractivity contribution < 1.29 is 34.3 Å². The minimum Gasteiger partial charge on any atom is -0.506 e. The Bertz CT molecular complexity index is 1610. The molecule has 5 rings (SSSR count). The predicted molar refractivity (Wildman–Crippen MR) is 197 cm³/mol. The number of unbranched alkanes of at least 4 members (excludes halogenated alkanes) is 3. The highest BCUT2D eigenvalue weighted by Gasteiger charge is 2.45. The molecule has 1 fully saturated rings. The van der Waals surface area contributed by atoms with Crippen LogP contribution in [-0.4, -0.2) is 83.2 Å². The number of nitrogens with zero attached hydrogens (tertiary/aromatic N) is 1. The van der Waals surface area contributed by atoms with Crippen molar-refractivity contribution in [2.45, 2.75) is 81.6 Å². The minimum atomic E-state index is -1.75. The Morgan fingerprint density at radius 1 is 0.980 bits per heavy atom. The van der Waals surface area contributed by atoms with Gasteiger partial charge in [-0.1, -0.05) is 31.0 Å². The van der Waals surface area contributed by atoms with Gasteiger partial charge in [-0.05, 0) is 99.1 Å². The number of phenolic OH excluding ortho intramolecular Hbond substituents is 1. The number of rotatable bonds is 19. The molecule has 0 aliphatic heterocycles. The van der Waals surface area contributed by atoms with Crippen molar-refractivity contribution in [2.75, 3.05) is 39.9 Å². The first-order chi connectivity index (χ1) is 23.8. The quantitative estimate of drug-likeness (QED) is 0.0595. The van der Waals surface area contributed by atoms with Gasteiger partial charge in [-0.2, -0.15) is 0 Å². The normalized spacial score (nSPS) is 17.1. The van der Waals surface area contributed by atoms with E-state index >= 15 is 0 Å². The number of aromatic amines is 1. The molecule has 3 heterocycles. The lowest BCUT2D eigenvalue weighted by atomic mass is 9.91. The summed E-state index contributed by atoms with van der Waals surface area (Å²) in [4.78, 5) is 31.1. The number of nitrogens with one attached hydrogen (secondary N) is 2. The summed E-state index contributed by atoms with van der Waals surface area (Å²) in [6.45, 7) is 3.64. The molecule has 1 aromatic carbocycles. The number of thiophene rings is 2. The van der Waals surface area contributed by atoms with E-state index in [9.17, 15) is 24.9 Å². The summed E-state index contributed by atoms with van der Waals surface area (Å²) in [7, 11) is 2.16. The molecule has 10 nitrogen and oxygen atoms in total. The third-order valence-electron chi connectivity index (χ3n) is 9.39. The number of aromatic hydroxyl groups is 1. The highest BCUT2D eigenvalue weighted by Crippen LogP contribution is 2.38. The molecule has 274 valence electrons. The zero-order chi connectivity index (χ0) is 34.6. The van der Waals surface area contributed by atoms with Gasteiger partial charge >= 0.3 is 5.97 Å². The predicted octanol–water partition coefficient (Wildman–Crippen LogP) is 5.82. The Labute approximate surface area is 300 Å². The minimum absolute atomic E-state index is 0.